The Hall–Kier alpha value is -1.60. The van der Waals surface area contributed by atoms with E-state index >= 15 is 0 Å². The molecule has 0 aliphatic carbocycles. The number of nitrogens with zero attached hydrogens (tertiary/aromatic N) is 1. The van der Waals surface area contributed by atoms with Crippen LogP contribution in [-0.4, -0.2) is 30.5 Å². The summed E-state index contributed by atoms with van der Waals surface area (Å²) in [5.41, 5.74) is 0.358. The average Bonchev–Trinajstić information content (AvgIpc) is 2.45. The molecule has 2 N–H and O–H groups in total. The zero-order chi connectivity index (χ0) is 15.5. The van der Waals surface area contributed by atoms with Crippen molar-refractivity contribution in [1.29, 1.82) is 0 Å². The van der Waals surface area contributed by atoms with Crippen molar-refractivity contribution in [3.05, 3.63) is 40.7 Å². The second-order valence-electron chi connectivity index (χ2n) is 4.83. The van der Waals surface area contributed by atoms with Crippen LogP contribution in [0, 0.1) is 6.92 Å². The number of carbonyl (C=O) groups is 1. The lowest BCUT2D eigenvalue weighted by Crippen LogP contribution is -2.30. The van der Waals surface area contributed by atoms with Gasteiger partial charge < -0.3 is 10.6 Å². The number of aryl methyl sites for hydroxylation is 1. The van der Waals surface area contributed by atoms with E-state index in [2.05, 4.69) is 15.6 Å². The third-order valence-electron chi connectivity index (χ3n) is 3.25. The zero-order valence-corrected chi connectivity index (χ0v) is 12.8. The first-order chi connectivity index (χ1) is 9.88. The Morgan fingerprint density at radius 2 is 2.14 bits per heavy atom. The van der Waals surface area contributed by atoms with Crippen molar-refractivity contribution in [3.8, 4) is 0 Å². The van der Waals surface area contributed by atoms with Crippen LogP contribution in [0.3, 0.4) is 0 Å². The maximum atomic E-state index is 12.5. The van der Waals surface area contributed by atoms with Crippen molar-refractivity contribution < 1.29 is 18.0 Å². The summed E-state index contributed by atoms with van der Waals surface area (Å²) >= 11 is 0. The standard InChI is InChI=1S/C14H16F3N3O.ClH/c1-9-11(2-3-12(20-9)14(15,16)17)13(21)19-8-10-4-6-18-7-5-10;/h2-4,18H,5-8H2,1H3,(H,19,21);1H. The smallest absolute Gasteiger partial charge is 0.348 e. The molecule has 0 fully saturated rings. The molecule has 1 aliphatic heterocycles. The van der Waals surface area contributed by atoms with Gasteiger partial charge in [0.25, 0.3) is 5.91 Å². The second kappa shape index (κ2) is 7.60. The minimum absolute atomic E-state index is 0. The van der Waals surface area contributed by atoms with Gasteiger partial charge in [-0.1, -0.05) is 11.6 Å². The number of pyridine rings is 1. The molecule has 4 nitrogen and oxygen atoms in total. The molecular formula is C14H17ClF3N3O. The Labute approximate surface area is 132 Å². The van der Waals surface area contributed by atoms with Crippen LogP contribution in [0.2, 0.25) is 0 Å². The lowest BCUT2D eigenvalue weighted by molar-refractivity contribution is -0.141. The number of alkyl halides is 3. The first kappa shape index (κ1) is 18.4. The lowest BCUT2D eigenvalue weighted by atomic mass is 10.1. The summed E-state index contributed by atoms with van der Waals surface area (Å²) in [4.78, 5) is 15.4. The van der Waals surface area contributed by atoms with Gasteiger partial charge in [-0.2, -0.15) is 13.2 Å². The van der Waals surface area contributed by atoms with E-state index in [-0.39, 0.29) is 23.7 Å². The average molecular weight is 336 g/mol. The van der Waals surface area contributed by atoms with E-state index in [1.54, 1.807) is 0 Å². The predicted octanol–water partition coefficient (Wildman–Crippen LogP) is 2.48. The minimum Gasteiger partial charge on any atom is -0.348 e. The molecule has 0 spiro atoms. The fraction of sp³-hybridized carbons (Fsp3) is 0.429. The maximum absolute atomic E-state index is 12.5. The monoisotopic (exact) mass is 335 g/mol. The normalized spacial score (nSPS) is 14.8. The van der Waals surface area contributed by atoms with Gasteiger partial charge in [-0.15, -0.1) is 12.4 Å². The molecule has 0 saturated heterocycles. The van der Waals surface area contributed by atoms with Gasteiger partial charge in [0, 0.05) is 13.1 Å². The molecule has 1 amide bonds. The SMILES string of the molecule is Cc1nc(C(F)(F)F)ccc1C(=O)NCC1=CCNCC1.Cl. The van der Waals surface area contributed by atoms with Crippen LogP contribution in [0.25, 0.3) is 0 Å². The van der Waals surface area contributed by atoms with Gasteiger partial charge in [-0.25, -0.2) is 4.98 Å². The largest absolute Gasteiger partial charge is 0.433 e. The predicted molar refractivity (Wildman–Crippen MR) is 79.1 cm³/mol. The third-order valence-corrected chi connectivity index (χ3v) is 3.25. The summed E-state index contributed by atoms with van der Waals surface area (Å²) in [6.07, 6.45) is -1.65. The van der Waals surface area contributed by atoms with Gasteiger partial charge >= 0.3 is 6.18 Å². The molecule has 1 aliphatic rings. The molecule has 0 saturated carbocycles. The van der Waals surface area contributed by atoms with Gasteiger partial charge in [-0.05, 0) is 32.0 Å². The van der Waals surface area contributed by atoms with Crippen molar-refractivity contribution in [1.82, 2.24) is 15.6 Å². The first-order valence-corrected chi connectivity index (χ1v) is 6.59. The van der Waals surface area contributed by atoms with Crippen molar-refractivity contribution >= 4 is 18.3 Å². The van der Waals surface area contributed by atoms with Gasteiger partial charge in [0.1, 0.15) is 5.69 Å². The molecular weight excluding hydrogens is 319 g/mol. The van der Waals surface area contributed by atoms with Crippen molar-refractivity contribution in [2.24, 2.45) is 0 Å². The lowest BCUT2D eigenvalue weighted by Gasteiger charge is -2.15. The highest BCUT2D eigenvalue weighted by atomic mass is 35.5. The van der Waals surface area contributed by atoms with E-state index < -0.39 is 17.8 Å². The van der Waals surface area contributed by atoms with Crippen LogP contribution < -0.4 is 10.6 Å². The highest BCUT2D eigenvalue weighted by molar-refractivity contribution is 5.95. The van der Waals surface area contributed by atoms with Crippen LogP contribution in [0.5, 0.6) is 0 Å². The third kappa shape index (κ3) is 4.71. The number of hydrogen-bond donors (Lipinski definition) is 2. The number of carbonyl (C=O) groups excluding carboxylic acids is 1. The van der Waals surface area contributed by atoms with Crippen LogP contribution in [0.1, 0.15) is 28.2 Å². The highest BCUT2D eigenvalue weighted by Crippen LogP contribution is 2.28. The molecule has 8 heteroatoms. The fourth-order valence-corrected chi connectivity index (χ4v) is 2.08. The van der Waals surface area contributed by atoms with Crippen LogP contribution in [0.15, 0.2) is 23.8 Å². The topological polar surface area (TPSA) is 54.0 Å². The van der Waals surface area contributed by atoms with Crippen molar-refractivity contribution in [3.63, 3.8) is 0 Å². The van der Waals surface area contributed by atoms with Crippen molar-refractivity contribution in [2.75, 3.05) is 19.6 Å². The number of aromatic nitrogens is 1. The molecule has 2 heterocycles. The summed E-state index contributed by atoms with van der Waals surface area (Å²) in [5.74, 6) is -0.409. The number of hydrogen-bond acceptors (Lipinski definition) is 3. The van der Waals surface area contributed by atoms with E-state index in [0.717, 1.165) is 37.2 Å². The van der Waals surface area contributed by atoms with E-state index in [4.69, 9.17) is 0 Å². The molecule has 1 aromatic heterocycles. The summed E-state index contributed by atoms with van der Waals surface area (Å²) in [6, 6.07) is 1.99. The quantitative estimate of drug-likeness (QED) is 0.834. The molecule has 0 aromatic carbocycles. The Balaban J connectivity index is 0.00000242. The molecule has 0 atom stereocenters. The van der Waals surface area contributed by atoms with Gasteiger partial charge in [0.2, 0.25) is 0 Å². The van der Waals surface area contributed by atoms with E-state index in [1.807, 2.05) is 6.08 Å². The molecule has 22 heavy (non-hydrogen) atoms. The minimum atomic E-state index is -4.50. The summed E-state index contributed by atoms with van der Waals surface area (Å²) < 4.78 is 37.5. The molecule has 2 rings (SSSR count). The van der Waals surface area contributed by atoms with E-state index in [1.165, 1.54) is 6.92 Å². The molecule has 1 aromatic rings. The summed E-state index contributed by atoms with van der Waals surface area (Å²) in [7, 11) is 0. The maximum Gasteiger partial charge on any atom is 0.433 e. The summed E-state index contributed by atoms with van der Waals surface area (Å²) in [5, 5.41) is 5.87. The van der Waals surface area contributed by atoms with Crippen LogP contribution in [0.4, 0.5) is 13.2 Å². The first-order valence-electron chi connectivity index (χ1n) is 6.59. The molecule has 0 bridgehead atoms. The Bertz CT molecular complexity index is 573. The molecule has 122 valence electrons. The number of amides is 1. The van der Waals surface area contributed by atoms with Crippen LogP contribution >= 0.6 is 12.4 Å². The Morgan fingerprint density at radius 3 is 2.68 bits per heavy atom. The van der Waals surface area contributed by atoms with Gasteiger partial charge in [0.15, 0.2) is 0 Å². The molecule has 0 unspecified atom stereocenters. The fourth-order valence-electron chi connectivity index (χ4n) is 2.08. The van der Waals surface area contributed by atoms with Crippen LogP contribution in [-0.2, 0) is 6.18 Å². The highest BCUT2D eigenvalue weighted by Gasteiger charge is 2.33. The van der Waals surface area contributed by atoms with Crippen molar-refractivity contribution in [2.45, 2.75) is 19.5 Å². The zero-order valence-electron chi connectivity index (χ0n) is 12.0. The number of halogens is 4. The van der Waals surface area contributed by atoms with E-state index in [0.29, 0.717) is 6.54 Å². The Morgan fingerprint density at radius 1 is 1.41 bits per heavy atom. The van der Waals surface area contributed by atoms with Gasteiger partial charge in [-0.3, -0.25) is 4.79 Å². The molecule has 0 radical (unpaired) electrons. The second-order valence-corrected chi connectivity index (χ2v) is 4.83. The number of nitrogens with one attached hydrogen (secondary N) is 2. The Kier molecular flexibility index (Phi) is 6.37. The van der Waals surface area contributed by atoms with E-state index in [9.17, 15) is 18.0 Å². The summed E-state index contributed by atoms with van der Waals surface area (Å²) in [6.45, 7) is 3.43. The number of rotatable bonds is 3. The van der Waals surface area contributed by atoms with Gasteiger partial charge in [0.05, 0.1) is 11.3 Å².